The molecule has 1 saturated heterocycles. The fourth-order valence-electron chi connectivity index (χ4n) is 3.25. The molecule has 0 spiro atoms. The number of aliphatic hydroxyl groups excluding tert-OH is 2. The summed E-state index contributed by atoms with van der Waals surface area (Å²) in [4.78, 5) is 61.2. The summed E-state index contributed by atoms with van der Waals surface area (Å²) in [6.07, 6.45) is -0.696. The second kappa shape index (κ2) is 13.2. The average Bonchev–Trinajstić information content (AvgIpc) is 3.09. The highest BCUT2D eigenvalue weighted by molar-refractivity contribution is 7.66. The molecule has 0 saturated carbocycles. The Morgan fingerprint density at radius 2 is 1.69 bits per heavy atom. The zero-order chi connectivity index (χ0) is 28.8. The van der Waals surface area contributed by atoms with E-state index in [1.807, 2.05) is 12.1 Å². The highest BCUT2D eigenvalue weighted by atomic mass is 31.3. The maximum Gasteiger partial charge on any atom is 0.490 e. The molecule has 22 heteroatoms. The van der Waals surface area contributed by atoms with Gasteiger partial charge in [0, 0.05) is 18.6 Å². The first kappa shape index (κ1) is 31.6. The molecule has 2 aromatic rings. The van der Waals surface area contributed by atoms with Crippen molar-refractivity contribution >= 4 is 29.3 Å². The molecular formula is C17H25N4O15P3. The molecule has 0 aromatic carbocycles. The number of nitrogens with zero attached hydrogens (tertiary/aromatic N) is 3. The number of ether oxygens (including phenoxy) is 1. The Bertz CT molecular complexity index is 1310. The van der Waals surface area contributed by atoms with Gasteiger partial charge < -0.3 is 34.5 Å². The number of aliphatic hydroxyl groups is 2. The first-order chi connectivity index (χ1) is 18.2. The number of phosphoric acid groups is 3. The van der Waals surface area contributed by atoms with Gasteiger partial charge in [-0.05, 0) is 36.6 Å². The first-order valence-corrected chi connectivity index (χ1v) is 15.3. The van der Waals surface area contributed by atoms with Gasteiger partial charge in [-0.1, -0.05) is 0 Å². The molecule has 2 aromatic heterocycles. The molecular weight excluding hydrogens is 593 g/mol. The van der Waals surface area contributed by atoms with Crippen LogP contribution in [0.5, 0.6) is 0 Å². The van der Waals surface area contributed by atoms with E-state index in [-0.39, 0.29) is 5.82 Å². The maximum atomic E-state index is 12.5. The van der Waals surface area contributed by atoms with Crippen LogP contribution in [0.1, 0.15) is 18.2 Å². The Morgan fingerprint density at radius 1 is 1.00 bits per heavy atom. The molecule has 6 atom stereocenters. The van der Waals surface area contributed by atoms with Crippen LogP contribution in [0.2, 0.25) is 0 Å². The minimum atomic E-state index is -5.75. The van der Waals surface area contributed by atoms with Gasteiger partial charge in [-0.2, -0.15) is 13.6 Å². The Labute approximate surface area is 219 Å². The fraction of sp³-hybridized carbons (Fsp3) is 0.471. The summed E-state index contributed by atoms with van der Waals surface area (Å²) in [5.41, 5.74) is 2.65. The van der Waals surface area contributed by atoms with Gasteiger partial charge in [0.15, 0.2) is 12.0 Å². The SMILES string of the molecule is O=c1nc(NOCCCc2ccncc2)ccn1[C@@H]1O[C@H](COP(=O)(O)OP(=O)(O)OP(=O)(O)O)[C@@H](O)[C@H]1O. The standard InChI is InChI=1S/C17H25N4O15P3/c22-14-12(10-33-38(28,29)36-39(30,31)35-37(25,26)27)34-16(15(14)23)21-8-5-13(19-17(21)24)20-32-9-1-2-11-3-6-18-7-4-11/h3-8,12,14-16,22-23H,1-2,9-10H2,(H,28,29)(H,30,31)(H,19,20,24)(H2,25,26,27)/t12-,14-,15-,16-/m1/s1. The summed E-state index contributed by atoms with van der Waals surface area (Å²) in [5, 5.41) is 20.5. The van der Waals surface area contributed by atoms with Gasteiger partial charge in [-0.25, -0.2) is 24.0 Å². The van der Waals surface area contributed by atoms with E-state index in [0.29, 0.717) is 13.0 Å². The van der Waals surface area contributed by atoms with Crippen LogP contribution in [0, 0.1) is 0 Å². The van der Waals surface area contributed by atoms with Gasteiger partial charge in [0.2, 0.25) is 0 Å². The van der Waals surface area contributed by atoms with Crippen LogP contribution in [-0.2, 0) is 42.8 Å². The van der Waals surface area contributed by atoms with Crippen molar-refractivity contribution < 1.29 is 66.2 Å². The zero-order valence-corrected chi connectivity index (χ0v) is 22.3. The van der Waals surface area contributed by atoms with Crippen LogP contribution >= 0.6 is 23.5 Å². The number of aromatic nitrogens is 3. The van der Waals surface area contributed by atoms with Gasteiger partial charge in [-0.15, -0.1) is 0 Å². The van der Waals surface area contributed by atoms with Gasteiger partial charge in [0.1, 0.15) is 18.3 Å². The third-order valence-corrected chi connectivity index (χ3v) is 8.70. The summed E-state index contributed by atoms with van der Waals surface area (Å²) in [5.74, 6) is 0.0393. The quantitative estimate of drug-likeness (QED) is 0.0804. The monoisotopic (exact) mass is 618 g/mol. The molecule has 3 heterocycles. The lowest BCUT2D eigenvalue weighted by atomic mass is 10.1. The molecule has 0 radical (unpaired) electrons. The highest BCUT2D eigenvalue weighted by Crippen LogP contribution is 2.66. The maximum absolute atomic E-state index is 12.5. The number of anilines is 1. The molecule has 0 aliphatic carbocycles. The second-order valence-corrected chi connectivity index (χ2v) is 12.3. The topological polar surface area (TPSA) is 279 Å². The van der Waals surface area contributed by atoms with E-state index in [1.54, 1.807) is 12.4 Å². The summed E-state index contributed by atoms with van der Waals surface area (Å²) in [6.45, 7) is -0.741. The van der Waals surface area contributed by atoms with E-state index in [2.05, 4.69) is 28.6 Å². The van der Waals surface area contributed by atoms with E-state index >= 15 is 0 Å². The Morgan fingerprint density at radius 3 is 2.33 bits per heavy atom. The van der Waals surface area contributed by atoms with E-state index in [0.717, 1.165) is 16.6 Å². The van der Waals surface area contributed by atoms with Crippen molar-refractivity contribution in [3.05, 3.63) is 52.8 Å². The summed E-state index contributed by atoms with van der Waals surface area (Å²) in [6, 6.07) is 5.05. The van der Waals surface area contributed by atoms with Crippen molar-refractivity contribution in [1.29, 1.82) is 0 Å². The molecule has 0 bridgehead atoms. The summed E-state index contributed by atoms with van der Waals surface area (Å²) in [7, 11) is -16.8. The predicted molar refractivity (Wildman–Crippen MR) is 126 cm³/mol. The molecule has 19 nitrogen and oxygen atoms in total. The Kier molecular flexibility index (Phi) is 10.7. The van der Waals surface area contributed by atoms with E-state index in [1.165, 1.54) is 12.3 Å². The number of rotatable bonds is 14. The van der Waals surface area contributed by atoms with Crippen LogP contribution in [0.25, 0.3) is 0 Å². The molecule has 2 unspecified atom stereocenters. The minimum absolute atomic E-state index is 0.0393. The lowest BCUT2D eigenvalue weighted by molar-refractivity contribution is -0.0541. The number of nitrogens with one attached hydrogen (secondary N) is 1. The highest BCUT2D eigenvalue weighted by Gasteiger charge is 2.46. The third kappa shape index (κ3) is 9.89. The Balaban J connectivity index is 1.52. The minimum Gasteiger partial charge on any atom is -0.387 e. The van der Waals surface area contributed by atoms with Gasteiger partial charge in [0.05, 0.1) is 13.2 Å². The van der Waals surface area contributed by atoms with Crippen LogP contribution in [0.15, 0.2) is 41.6 Å². The molecule has 0 amide bonds. The summed E-state index contributed by atoms with van der Waals surface area (Å²) < 4.78 is 51.6. The van der Waals surface area contributed by atoms with E-state index < -0.39 is 60.3 Å². The predicted octanol–water partition coefficient (Wildman–Crippen LogP) is -0.423. The normalized spacial score (nSPS) is 24.7. The molecule has 39 heavy (non-hydrogen) atoms. The van der Waals surface area contributed by atoms with Crippen LogP contribution in [-0.4, -0.2) is 75.8 Å². The van der Waals surface area contributed by atoms with Crippen LogP contribution < -0.4 is 11.2 Å². The molecule has 7 N–H and O–H groups in total. The number of hydrogen-bond acceptors (Lipinski definition) is 14. The first-order valence-electron chi connectivity index (χ1n) is 10.8. The molecule has 218 valence electrons. The largest absolute Gasteiger partial charge is 0.490 e. The summed E-state index contributed by atoms with van der Waals surface area (Å²) >= 11 is 0. The lowest BCUT2D eigenvalue weighted by Crippen LogP contribution is -2.36. The molecule has 3 rings (SSSR count). The van der Waals surface area contributed by atoms with E-state index in [4.69, 9.17) is 24.3 Å². The van der Waals surface area contributed by atoms with Crippen molar-refractivity contribution in [2.24, 2.45) is 0 Å². The molecule has 1 aliphatic heterocycles. The smallest absolute Gasteiger partial charge is 0.387 e. The third-order valence-electron chi connectivity index (χ3n) is 4.90. The van der Waals surface area contributed by atoms with Crippen LogP contribution in [0.4, 0.5) is 5.82 Å². The zero-order valence-electron chi connectivity index (χ0n) is 19.6. The lowest BCUT2D eigenvalue weighted by Gasteiger charge is -2.19. The van der Waals surface area contributed by atoms with Crippen molar-refractivity contribution in [1.82, 2.24) is 14.5 Å². The van der Waals surface area contributed by atoms with Crippen molar-refractivity contribution in [3.63, 3.8) is 0 Å². The van der Waals surface area contributed by atoms with Crippen molar-refractivity contribution in [2.75, 3.05) is 18.7 Å². The van der Waals surface area contributed by atoms with Gasteiger partial charge in [0.25, 0.3) is 0 Å². The number of phosphoric ester groups is 1. The number of aryl methyl sites for hydroxylation is 1. The molecule has 1 aliphatic rings. The van der Waals surface area contributed by atoms with Crippen molar-refractivity contribution in [2.45, 2.75) is 37.4 Å². The van der Waals surface area contributed by atoms with Gasteiger partial charge in [-0.3, -0.25) is 18.9 Å². The number of pyridine rings is 1. The van der Waals surface area contributed by atoms with Gasteiger partial charge >= 0.3 is 29.2 Å². The van der Waals surface area contributed by atoms with E-state index in [9.17, 15) is 33.6 Å². The fourth-order valence-corrected chi connectivity index (χ4v) is 6.28. The number of hydrogen-bond donors (Lipinski definition) is 7. The molecule has 1 fully saturated rings. The average molecular weight is 618 g/mol. The van der Waals surface area contributed by atoms with Crippen LogP contribution in [0.3, 0.4) is 0 Å². The Hall–Kier alpha value is -1.92. The van der Waals surface area contributed by atoms with Crippen molar-refractivity contribution in [3.8, 4) is 0 Å². The second-order valence-electron chi connectivity index (χ2n) is 7.85.